The number of hydrogen-bond acceptors (Lipinski definition) is 6. The van der Waals surface area contributed by atoms with E-state index in [1.54, 1.807) is 20.3 Å². The number of rotatable bonds is 8. The zero-order chi connectivity index (χ0) is 20.6. The van der Waals surface area contributed by atoms with Gasteiger partial charge in [-0.2, -0.15) is 0 Å². The first-order valence-corrected chi connectivity index (χ1v) is 9.90. The number of thiazole rings is 1. The Labute approximate surface area is 173 Å². The monoisotopic (exact) mass is 410 g/mol. The molecule has 29 heavy (non-hydrogen) atoms. The molecule has 7 heteroatoms. The van der Waals surface area contributed by atoms with Crippen molar-refractivity contribution in [1.29, 1.82) is 0 Å². The molecule has 0 unspecified atom stereocenters. The van der Waals surface area contributed by atoms with E-state index in [-0.39, 0.29) is 5.91 Å². The summed E-state index contributed by atoms with van der Waals surface area (Å²) in [5.74, 6) is 1.79. The molecule has 1 amide bonds. The summed E-state index contributed by atoms with van der Waals surface area (Å²) in [4.78, 5) is 16.7. The van der Waals surface area contributed by atoms with Crippen molar-refractivity contribution in [2.24, 2.45) is 0 Å². The highest BCUT2D eigenvalue weighted by atomic mass is 32.1. The fraction of sp³-hybridized carbons (Fsp3) is 0.182. The first-order valence-electron chi connectivity index (χ1n) is 9.02. The molecule has 0 spiro atoms. The van der Waals surface area contributed by atoms with E-state index in [1.807, 2.05) is 54.8 Å². The van der Waals surface area contributed by atoms with Gasteiger partial charge < -0.3 is 14.2 Å². The molecule has 6 nitrogen and oxygen atoms in total. The van der Waals surface area contributed by atoms with Gasteiger partial charge in [0, 0.05) is 17.0 Å². The quantitative estimate of drug-likeness (QED) is 0.536. The highest BCUT2D eigenvalue weighted by molar-refractivity contribution is 7.14. The lowest BCUT2D eigenvalue weighted by atomic mass is 10.2. The van der Waals surface area contributed by atoms with Crippen molar-refractivity contribution >= 4 is 28.5 Å². The smallest absolute Gasteiger partial charge is 0.250 e. The van der Waals surface area contributed by atoms with Gasteiger partial charge in [0.15, 0.2) is 16.6 Å². The Morgan fingerprint density at radius 1 is 1.14 bits per heavy atom. The standard InChI is InChI=1S/C22H22N2O4S/c1-4-28-19-10-8-15(12-20(19)27-3)9-11-21(25)24-22-23-18(14-29-22)16-6-5-7-17(13-16)26-2/h5-14H,4H2,1-3H3,(H,23,24,25)/b11-9+. The minimum Gasteiger partial charge on any atom is -0.497 e. The molecule has 0 bridgehead atoms. The van der Waals surface area contributed by atoms with E-state index in [1.165, 1.54) is 17.4 Å². The van der Waals surface area contributed by atoms with Gasteiger partial charge in [-0.3, -0.25) is 10.1 Å². The summed E-state index contributed by atoms with van der Waals surface area (Å²) < 4.78 is 16.1. The first kappa shape index (κ1) is 20.4. The molecule has 0 atom stereocenters. The fourth-order valence-electron chi connectivity index (χ4n) is 2.63. The van der Waals surface area contributed by atoms with Crippen LogP contribution in [0.2, 0.25) is 0 Å². The van der Waals surface area contributed by atoms with Crippen LogP contribution in [0, 0.1) is 0 Å². The number of carbonyl (C=O) groups is 1. The molecule has 0 aliphatic heterocycles. The normalized spacial score (nSPS) is 10.7. The van der Waals surface area contributed by atoms with Gasteiger partial charge in [0.2, 0.25) is 5.91 Å². The van der Waals surface area contributed by atoms with E-state index < -0.39 is 0 Å². The number of anilines is 1. The number of aromatic nitrogens is 1. The fourth-order valence-corrected chi connectivity index (χ4v) is 3.35. The van der Waals surface area contributed by atoms with Gasteiger partial charge in [-0.1, -0.05) is 18.2 Å². The highest BCUT2D eigenvalue weighted by Crippen LogP contribution is 2.29. The Kier molecular flexibility index (Phi) is 6.86. The molecule has 0 fully saturated rings. The van der Waals surface area contributed by atoms with Gasteiger partial charge in [-0.25, -0.2) is 4.98 Å². The number of benzene rings is 2. The lowest BCUT2D eigenvalue weighted by Gasteiger charge is -2.09. The molecule has 1 aromatic heterocycles. The third-order valence-electron chi connectivity index (χ3n) is 4.01. The van der Waals surface area contributed by atoms with Crippen LogP contribution in [0.15, 0.2) is 53.9 Å². The second-order valence-corrected chi connectivity index (χ2v) is 6.79. The topological polar surface area (TPSA) is 69.7 Å². The summed E-state index contributed by atoms with van der Waals surface area (Å²) in [6.07, 6.45) is 3.17. The van der Waals surface area contributed by atoms with E-state index in [4.69, 9.17) is 14.2 Å². The van der Waals surface area contributed by atoms with Gasteiger partial charge in [0.1, 0.15) is 5.75 Å². The molecule has 0 saturated heterocycles. The molecule has 3 aromatic rings. The average Bonchev–Trinajstić information content (AvgIpc) is 3.21. The lowest BCUT2D eigenvalue weighted by molar-refractivity contribution is -0.111. The number of amides is 1. The summed E-state index contributed by atoms with van der Waals surface area (Å²) in [7, 11) is 3.21. The van der Waals surface area contributed by atoms with Crippen molar-refractivity contribution in [3.05, 3.63) is 59.5 Å². The number of ether oxygens (including phenoxy) is 3. The van der Waals surface area contributed by atoms with Gasteiger partial charge in [-0.15, -0.1) is 11.3 Å². The minimum absolute atomic E-state index is 0.260. The average molecular weight is 410 g/mol. The molecule has 3 rings (SSSR count). The van der Waals surface area contributed by atoms with Crippen molar-refractivity contribution < 1.29 is 19.0 Å². The van der Waals surface area contributed by atoms with Crippen molar-refractivity contribution in [3.63, 3.8) is 0 Å². The van der Waals surface area contributed by atoms with Crippen molar-refractivity contribution in [2.75, 3.05) is 26.1 Å². The molecular weight excluding hydrogens is 388 g/mol. The molecule has 1 heterocycles. The number of hydrogen-bond donors (Lipinski definition) is 1. The zero-order valence-corrected chi connectivity index (χ0v) is 17.3. The third kappa shape index (κ3) is 5.36. The van der Waals surface area contributed by atoms with Crippen LogP contribution in [0.1, 0.15) is 12.5 Å². The SMILES string of the molecule is CCOc1ccc(/C=C/C(=O)Nc2nc(-c3cccc(OC)c3)cs2)cc1OC. The Morgan fingerprint density at radius 3 is 2.76 bits per heavy atom. The predicted molar refractivity (Wildman–Crippen MR) is 116 cm³/mol. The van der Waals surface area contributed by atoms with Gasteiger partial charge in [0.25, 0.3) is 0 Å². The molecular formula is C22H22N2O4S. The van der Waals surface area contributed by atoms with E-state index in [0.717, 1.165) is 22.6 Å². The number of nitrogens with one attached hydrogen (secondary N) is 1. The third-order valence-corrected chi connectivity index (χ3v) is 4.77. The molecule has 150 valence electrons. The predicted octanol–water partition coefficient (Wildman–Crippen LogP) is 4.88. The molecule has 0 aliphatic rings. The van der Waals surface area contributed by atoms with Gasteiger partial charge >= 0.3 is 0 Å². The maximum Gasteiger partial charge on any atom is 0.250 e. The molecule has 0 aliphatic carbocycles. The summed E-state index contributed by atoms with van der Waals surface area (Å²) >= 11 is 1.37. The molecule has 0 saturated carbocycles. The summed E-state index contributed by atoms with van der Waals surface area (Å²) in [6, 6.07) is 13.1. The van der Waals surface area contributed by atoms with E-state index in [9.17, 15) is 4.79 Å². The number of carbonyl (C=O) groups excluding carboxylic acids is 1. The van der Waals surface area contributed by atoms with Crippen LogP contribution in [0.25, 0.3) is 17.3 Å². The van der Waals surface area contributed by atoms with Crippen molar-refractivity contribution in [3.8, 4) is 28.5 Å². The second-order valence-electron chi connectivity index (χ2n) is 5.94. The van der Waals surface area contributed by atoms with Crippen LogP contribution < -0.4 is 19.5 Å². The maximum absolute atomic E-state index is 12.2. The Hall–Kier alpha value is -3.32. The van der Waals surface area contributed by atoms with Crippen LogP contribution in [-0.2, 0) is 4.79 Å². The zero-order valence-electron chi connectivity index (χ0n) is 16.5. The van der Waals surface area contributed by atoms with Gasteiger partial charge in [0.05, 0.1) is 26.5 Å². The maximum atomic E-state index is 12.2. The summed E-state index contributed by atoms with van der Waals surface area (Å²) in [5.41, 5.74) is 2.54. The van der Waals surface area contributed by atoms with Crippen LogP contribution >= 0.6 is 11.3 Å². The lowest BCUT2D eigenvalue weighted by Crippen LogP contribution is -2.07. The Balaban J connectivity index is 1.66. The second kappa shape index (κ2) is 9.75. The highest BCUT2D eigenvalue weighted by Gasteiger charge is 2.08. The van der Waals surface area contributed by atoms with Crippen LogP contribution in [0.4, 0.5) is 5.13 Å². The van der Waals surface area contributed by atoms with Gasteiger partial charge in [-0.05, 0) is 42.8 Å². The van der Waals surface area contributed by atoms with Crippen LogP contribution in [0.5, 0.6) is 17.2 Å². The van der Waals surface area contributed by atoms with Crippen molar-refractivity contribution in [2.45, 2.75) is 6.92 Å². The van der Waals surface area contributed by atoms with E-state index >= 15 is 0 Å². The van der Waals surface area contributed by atoms with Crippen molar-refractivity contribution in [1.82, 2.24) is 4.98 Å². The van der Waals surface area contributed by atoms with E-state index in [2.05, 4.69) is 10.3 Å². The molecule has 2 aromatic carbocycles. The molecule has 0 radical (unpaired) electrons. The van der Waals surface area contributed by atoms with E-state index in [0.29, 0.717) is 23.2 Å². The largest absolute Gasteiger partial charge is 0.497 e. The Bertz CT molecular complexity index is 1010. The minimum atomic E-state index is -0.260. The Morgan fingerprint density at radius 2 is 2.00 bits per heavy atom. The first-order chi connectivity index (χ1) is 14.1. The molecule has 1 N–H and O–H groups in total. The summed E-state index contributed by atoms with van der Waals surface area (Å²) in [6.45, 7) is 2.47. The summed E-state index contributed by atoms with van der Waals surface area (Å²) in [5, 5.41) is 5.21. The number of methoxy groups -OCH3 is 2. The van der Waals surface area contributed by atoms with Crippen LogP contribution in [-0.4, -0.2) is 31.7 Å². The number of nitrogens with zero attached hydrogens (tertiary/aromatic N) is 1. The van der Waals surface area contributed by atoms with Crippen LogP contribution in [0.3, 0.4) is 0 Å².